The normalized spacial score (nSPS) is 22.0. The van der Waals surface area contributed by atoms with Gasteiger partial charge in [-0.3, -0.25) is 0 Å². The van der Waals surface area contributed by atoms with Crippen LogP contribution in [0.3, 0.4) is 0 Å². The smallest absolute Gasteiger partial charge is 0.163 e. The van der Waals surface area contributed by atoms with E-state index in [2.05, 4.69) is 11.8 Å². The standard InChI is InChI=1S/C17H26F2N2/c1-2-13-7-4-3-5-11-21(13)12-10-16(20)14-8-6-9-15(18)17(14)19/h6,8-9,13,16H,2-5,7,10-12,20H2,1H3. The van der Waals surface area contributed by atoms with E-state index in [-0.39, 0.29) is 5.56 Å². The molecule has 1 saturated heterocycles. The van der Waals surface area contributed by atoms with Crippen molar-refractivity contribution in [3.05, 3.63) is 35.4 Å². The van der Waals surface area contributed by atoms with Crippen LogP contribution in [0.4, 0.5) is 8.78 Å². The Morgan fingerprint density at radius 1 is 1.29 bits per heavy atom. The van der Waals surface area contributed by atoms with Gasteiger partial charge >= 0.3 is 0 Å². The number of likely N-dealkylation sites (tertiary alicyclic amines) is 1. The molecule has 4 heteroatoms. The van der Waals surface area contributed by atoms with Gasteiger partial charge in [0.15, 0.2) is 11.6 Å². The van der Waals surface area contributed by atoms with Crippen LogP contribution in [0.1, 0.15) is 57.1 Å². The lowest BCUT2D eigenvalue weighted by Crippen LogP contribution is -2.36. The third kappa shape index (κ3) is 4.24. The molecular formula is C17H26F2N2. The van der Waals surface area contributed by atoms with Crippen LogP contribution < -0.4 is 5.73 Å². The highest BCUT2D eigenvalue weighted by atomic mass is 19.2. The summed E-state index contributed by atoms with van der Waals surface area (Å²) >= 11 is 0. The first-order valence-corrected chi connectivity index (χ1v) is 8.07. The first-order chi connectivity index (χ1) is 10.1. The maximum atomic E-state index is 13.8. The van der Waals surface area contributed by atoms with Crippen molar-refractivity contribution in [2.24, 2.45) is 5.73 Å². The lowest BCUT2D eigenvalue weighted by Gasteiger charge is -2.30. The van der Waals surface area contributed by atoms with E-state index in [4.69, 9.17) is 5.73 Å². The van der Waals surface area contributed by atoms with E-state index in [1.807, 2.05) is 0 Å². The second-order valence-corrected chi connectivity index (χ2v) is 5.99. The van der Waals surface area contributed by atoms with Crippen molar-refractivity contribution >= 4 is 0 Å². The first kappa shape index (κ1) is 16.4. The van der Waals surface area contributed by atoms with Crippen LogP contribution in [0.25, 0.3) is 0 Å². The summed E-state index contributed by atoms with van der Waals surface area (Å²) in [7, 11) is 0. The lowest BCUT2D eigenvalue weighted by molar-refractivity contribution is 0.187. The fourth-order valence-corrected chi connectivity index (χ4v) is 3.26. The second-order valence-electron chi connectivity index (χ2n) is 5.99. The third-order valence-electron chi connectivity index (χ3n) is 4.58. The molecule has 0 spiro atoms. The molecule has 1 heterocycles. The minimum absolute atomic E-state index is 0.290. The van der Waals surface area contributed by atoms with Crippen molar-refractivity contribution < 1.29 is 8.78 Å². The summed E-state index contributed by atoms with van der Waals surface area (Å²) in [4.78, 5) is 2.48. The van der Waals surface area contributed by atoms with E-state index >= 15 is 0 Å². The predicted molar refractivity (Wildman–Crippen MR) is 82.0 cm³/mol. The maximum Gasteiger partial charge on any atom is 0.163 e. The summed E-state index contributed by atoms with van der Waals surface area (Å²) < 4.78 is 27.0. The van der Waals surface area contributed by atoms with Gasteiger partial charge in [-0.15, -0.1) is 0 Å². The Hall–Kier alpha value is -1.00. The Balaban J connectivity index is 1.96. The van der Waals surface area contributed by atoms with Crippen LogP contribution in [-0.4, -0.2) is 24.0 Å². The Labute approximate surface area is 126 Å². The number of halogens is 2. The Morgan fingerprint density at radius 3 is 2.86 bits per heavy atom. The largest absolute Gasteiger partial charge is 0.324 e. The molecule has 2 N–H and O–H groups in total. The zero-order valence-corrected chi connectivity index (χ0v) is 12.8. The molecule has 118 valence electrons. The summed E-state index contributed by atoms with van der Waals surface area (Å²) in [5.41, 5.74) is 6.36. The van der Waals surface area contributed by atoms with Crippen LogP contribution in [0.5, 0.6) is 0 Å². The third-order valence-corrected chi connectivity index (χ3v) is 4.58. The Bertz CT molecular complexity index is 450. The van der Waals surface area contributed by atoms with Crippen LogP contribution >= 0.6 is 0 Å². The number of rotatable bonds is 5. The summed E-state index contributed by atoms with van der Waals surface area (Å²) in [5, 5.41) is 0. The minimum Gasteiger partial charge on any atom is -0.324 e. The minimum atomic E-state index is -0.816. The van der Waals surface area contributed by atoms with Crippen LogP contribution in [0.15, 0.2) is 18.2 Å². The molecule has 2 rings (SSSR count). The van der Waals surface area contributed by atoms with Gasteiger partial charge in [0, 0.05) is 24.2 Å². The van der Waals surface area contributed by atoms with Crippen molar-refractivity contribution in [1.82, 2.24) is 4.90 Å². The number of benzene rings is 1. The topological polar surface area (TPSA) is 29.3 Å². The molecule has 0 saturated carbocycles. The molecule has 1 aromatic carbocycles. The van der Waals surface area contributed by atoms with Gasteiger partial charge in [-0.1, -0.05) is 31.9 Å². The number of hydrogen-bond acceptors (Lipinski definition) is 2. The van der Waals surface area contributed by atoms with Gasteiger partial charge in [0.2, 0.25) is 0 Å². The SMILES string of the molecule is CCC1CCCCCN1CCC(N)c1cccc(F)c1F. The van der Waals surface area contributed by atoms with Gasteiger partial charge in [0.05, 0.1) is 0 Å². The predicted octanol–water partition coefficient (Wildman–Crippen LogP) is 4.01. The van der Waals surface area contributed by atoms with Gasteiger partial charge in [0.1, 0.15) is 0 Å². The van der Waals surface area contributed by atoms with E-state index in [0.717, 1.165) is 25.6 Å². The highest BCUT2D eigenvalue weighted by molar-refractivity contribution is 5.22. The monoisotopic (exact) mass is 296 g/mol. The lowest BCUT2D eigenvalue weighted by atomic mass is 10.0. The molecule has 2 unspecified atom stereocenters. The maximum absolute atomic E-state index is 13.8. The molecule has 0 aromatic heterocycles. The molecule has 21 heavy (non-hydrogen) atoms. The number of nitrogens with two attached hydrogens (primary N) is 1. The van der Waals surface area contributed by atoms with Crippen molar-refractivity contribution in [3.63, 3.8) is 0 Å². The van der Waals surface area contributed by atoms with Crippen LogP contribution in [0, 0.1) is 11.6 Å². The highest BCUT2D eigenvalue weighted by Gasteiger charge is 2.21. The fourth-order valence-electron chi connectivity index (χ4n) is 3.26. The highest BCUT2D eigenvalue weighted by Crippen LogP contribution is 2.23. The van der Waals surface area contributed by atoms with E-state index in [1.54, 1.807) is 6.07 Å². The zero-order chi connectivity index (χ0) is 15.2. The number of nitrogens with zero attached hydrogens (tertiary/aromatic N) is 1. The molecule has 1 fully saturated rings. The van der Waals surface area contributed by atoms with E-state index in [9.17, 15) is 8.78 Å². The van der Waals surface area contributed by atoms with Crippen molar-refractivity contribution in [2.75, 3.05) is 13.1 Å². The van der Waals surface area contributed by atoms with E-state index in [1.165, 1.54) is 31.7 Å². The Kier molecular flexibility index (Phi) is 6.12. The summed E-state index contributed by atoms with van der Waals surface area (Å²) in [6.07, 6.45) is 6.84. The van der Waals surface area contributed by atoms with Gasteiger partial charge in [-0.2, -0.15) is 0 Å². The zero-order valence-electron chi connectivity index (χ0n) is 12.8. The number of hydrogen-bond donors (Lipinski definition) is 1. The average Bonchev–Trinajstić information content (AvgIpc) is 2.72. The molecule has 0 amide bonds. The van der Waals surface area contributed by atoms with Gasteiger partial charge < -0.3 is 10.6 Å². The van der Waals surface area contributed by atoms with E-state index in [0.29, 0.717) is 12.5 Å². The molecule has 0 bridgehead atoms. The Morgan fingerprint density at radius 2 is 2.10 bits per heavy atom. The van der Waals surface area contributed by atoms with Crippen molar-refractivity contribution in [3.8, 4) is 0 Å². The van der Waals surface area contributed by atoms with Crippen LogP contribution in [-0.2, 0) is 0 Å². The van der Waals surface area contributed by atoms with Gasteiger partial charge in [0.25, 0.3) is 0 Å². The molecule has 1 aliphatic heterocycles. The summed E-state index contributed by atoms with van der Waals surface area (Å²) in [6.45, 7) is 4.17. The molecule has 1 aromatic rings. The molecule has 0 radical (unpaired) electrons. The van der Waals surface area contributed by atoms with Gasteiger partial charge in [-0.25, -0.2) is 8.78 Å². The molecule has 0 aliphatic carbocycles. The van der Waals surface area contributed by atoms with Crippen molar-refractivity contribution in [1.29, 1.82) is 0 Å². The molecule has 2 atom stereocenters. The van der Waals surface area contributed by atoms with Crippen molar-refractivity contribution in [2.45, 2.75) is 57.5 Å². The molecule has 1 aliphatic rings. The second kappa shape index (κ2) is 7.85. The van der Waals surface area contributed by atoms with Gasteiger partial charge in [-0.05, 0) is 38.3 Å². The fraction of sp³-hybridized carbons (Fsp3) is 0.647. The van der Waals surface area contributed by atoms with Crippen LogP contribution in [0.2, 0.25) is 0 Å². The quantitative estimate of drug-likeness (QED) is 0.889. The van der Waals surface area contributed by atoms with E-state index < -0.39 is 17.7 Å². The first-order valence-electron chi connectivity index (χ1n) is 8.07. The summed E-state index contributed by atoms with van der Waals surface area (Å²) in [5.74, 6) is -1.61. The molecule has 2 nitrogen and oxygen atoms in total. The summed E-state index contributed by atoms with van der Waals surface area (Å²) in [6, 6.07) is 4.41. The molecular weight excluding hydrogens is 270 g/mol. The average molecular weight is 296 g/mol.